The molecule has 0 aromatic heterocycles. The number of hydrogen-bond acceptors (Lipinski definition) is 6. The molecule has 22 heavy (non-hydrogen) atoms. The van der Waals surface area contributed by atoms with E-state index in [2.05, 4.69) is 79.2 Å². The molecule has 0 amide bonds. The standard InChI is InChI=1S/C16H32S6/c1-14(21-11-9-19-7-5-17)15-3-2-4-16(13-15)22-12-10-20-8-6-18/h14-18H,2-13H2,1H3. The third-order valence-electron chi connectivity index (χ3n) is 3.99. The summed E-state index contributed by atoms with van der Waals surface area (Å²) in [6.45, 7) is 2.47. The van der Waals surface area contributed by atoms with E-state index in [9.17, 15) is 0 Å². The van der Waals surface area contributed by atoms with Crippen LogP contribution < -0.4 is 0 Å². The highest BCUT2D eigenvalue weighted by atomic mass is 32.2. The Morgan fingerprint density at radius 3 is 2.27 bits per heavy atom. The molecule has 0 aromatic carbocycles. The van der Waals surface area contributed by atoms with Crippen LogP contribution in [0.5, 0.6) is 0 Å². The fourth-order valence-corrected chi connectivity index (χ4v) is 7.89. The van der Waals surface area contributed by atoms with Crippen molar-refractivity contribution in [1.82, 2.24) is 0 Å². The maximum Gasteiger partial charge on any atom is 0.00503 e. The Bertz CT molecular complexity index is 239. The molecule has 1 saturated carbocycles. The van der Waals surface area contributed by atoms with Crippen LogP contribution in [-0.4, -0.2) is 56.5 Å². The maximum absolute atomic E-state index is 4.27. The summed E-state index contributed by atoms with van der Waals surface area (Å²) in [7, 11) is 0. The SMILES string of the molecule is CC(SCCSCCS)C1CCCC(SCCSCCS)C1. The Kier molecular flexibility index (Phi) is 15.5. The van der Waals surface area contributed by atoms with E-state index < -0.39 is 0 Å². The topological polar surface area (TPSA) is 0 Å². The van der Waals surface area contributed by atoms with Crippen molar-refractivity contribution in [3.05, 3.63) is 0 Å². The highest BCUT2D eigenvalue weighted by molar-refractivity contribution is 8.04. The Labute approximate surface area is 166 Å². The minimum atomic E-state index is 0.846. The third-order valence-corrected chi connectivity index (χ3v) is 10.2. The van der Waals surface area contributed by atoms with Crippen molar-refractivity contribution < 1.29 is 0 Å². The van der Waals surface area contributed by atoms with E-state index in [4.69, 9.17) is 0 Å². The van der Waals surface area contributed by atoms with Crippen LogP contribution in [0.4, 0.5) is 0 Å². The molecule has 132 valence electrons. The third kappa shape index (κ3) is 10.9. The highest BCUT2D eigenvalue weighted by Crippen LogP contribution is 2.37. The first kappa shape index (κ1) is 22.1. The van der Waals surface area contributed by atoms with Crippen molar-refractivity contribution in [3.63, 3.8) is 0 Å². The van der Waals surface area contributed by atoms with Crippen molar-refractivity contribution in [2.24, 2.45) is 5.92 Å². The summed E-state index contributed by atoms with van der Waals surface area (Å²) >= 11 is 17.1. The molecule has 1 rings (SSSR count). The molecule has 0 heterocycles. The summed E-state index contributed by atoms with van der Waals surface area (Å²) in [4.78, 5) is 0. The Balaban J connectivity index is 2.10. The van der Waals surface area contributed by atoms with Crippen LogP contribution in [0.1, 0.15) is 32.6 Å². The molecule has 3 unspecified atom stereocenters. The predicted octanol–water partition coefficient (Wildman–Crippen LogP) is 5.73. The van der Waals surface area contributed by atoms with Gasteiger partial charge in [0.2, 0.25) is 0 Å². The van der Waals surface area contributed by atoms with Crippen molar-refractivity contribution in [2.75, 3.05) is 46.0 Å². The molecular weight excluding hydrogens is 385 g/mol. The summed E-state index contributed by atoms with van der Waals surface area (Å²) in [6, 6.07) is 0. The van der Waals surface area contributed by atoms with Crippen molar-refractivity contribution in [2.45, 2.75) is 43.1 Å². The van der Waals surface area contributed by atoms with Crippen LogP contribution >= 0.6 is 72.3 Å². The molecule has 0 nitrogen and oxygen atoms in total. The Morgan fingerprint density at radius 1 is 0.909 bits per heavy atom. The van der Waals surface area contributed by atoms with Gasteiger partial charge >= 0.3 is 0 Å². The Hall–Kier alpha value is 2.10. The van der Waals surface area contributed by atoms with E-state index in [-0.39, 0.29) is 0 Å². The van der Waals surface area contributed by atoms with Crippen molar-refractivity contribution in [1.29, 1.82) is 0 Å². The van der Waals surface area contributed by atoms with Crippen molar-refractivity contribution >= 4 is 72.3 Å². The normalized spacial score (nSPS) is 23.6. The molecular formula is C16H32S6. The first-order chi connectivity index (χ1) is 10.8. The average molecular weight is 417 g/mol. The molecule has 0 bridgehead atoms. The van der Waals surface area contributed by atoms with E-state index in [1.165, 1.54) is 60.2 Å². The van der Waals surface area contributed by atoms with Crippen LogP contribution in [0.2, 0.25) is 0 Å². The highest BCUT2D eigenvalue weighted by Gasteiger charge is 2.26. The molecule has 1 aliphatic carbocycles. The van der Waals surface area contributed by atoms with Gasteiger partial charge in [0.1, 0.15) is 0 Å². The number of rotatable bonds is 13. The van der Waals surface area contributed by atoms with Gasteiger partial charge in [-0.25, -0.2) is 0 Å². The number of hydrogen-bond donors (Lipinski definition) is 2. The number of thiol groups is 2. The van der Waals surface area contributed by atoms with Gasteiger partial charge < -0.3 is 0 Å². The van der Waals surface area contributed by atoms with Gasteiger partial charge in [0.25, 0.3) is 0 Å². The van der Waals surface area contributed by atoms with Crippen molar-refractivity contribution in [3.8, 4) is 0 Å². The zero-order valence-corrected chi connectivity index (χ0v) is 18.8. The summed E-state index contributed by atoms with van der Waals surface area (Å²) in [5, 5.41) is 1.77. The lowest BCUT2D eigenvalue weighted by Gasteiger charge is -2.32. The minimum absolute atomic E-state index is 0.846. The monoisotopic (exact) mass is 416 g/mol. The second-order valence-electron chi connectivity index (χ2n) is 5.67. The van der Waals surface area contributed by atoms with Crippen LogP contribution in [-0.2, 0) is 0 Å². The van der Waals surface area contributed by atoms with Gasteiger partial charge in [-0.1, -0.05) is 13.3 Å². The fraction of sp³-hybridized carbons (Fsp3) is 1.00. The summed E-state index contributed by atoms with van der Waals surface area (Å²) in [5.74, 6) is 10.6. The molecule has 1 aliphatic rings. The maximum atomic E-state index is 4.27. The molecule has 1 fully saturated rings. The zero-order chi connectivity index (χ0) is 16.0. The van der Waals surface area contributed by atoms with Gasteiger partial charge in [-0.05, 0) is 36.7 Å². The number of thioether (sulfide) groups is 4. The van der Waals surface area contributed by atoms with Gasteiger partial charge in [-0.2, -0.15) is 72.3 Å². The average Bonchev–Trinajstić information content (AvgIpc) is 2.54. The van der Waals surface area contributed by atoms with E-state index >= 15 is 0 Å². The molecule has 3 atom stereocenters. The quantitative estimate of drug-likeness (QED) is 0.291. The van der Waals surface area contributed by atoms with Gasteiger partial charge in [0.05, 0.1) is 0 Å². The van der Waals surface area contributed by atoms with E-state index in [0.29, 0.717) is 0 Å². The first-order valence-corrected chi connectivity index (χ1v) is 14.1. The van der Waals surface area contributed by atoms with Gasteiger partial charge in [-0.3, -0.25) is 0 Å². The van der Waals surface area contributed by atoms with Crippen LogP contribution in [0, 0.1) is 5.92 Å². The molecule has 0 spiro atoms. The van der Waals surface area contributed by atoms with Gasteiger partial charge in [0.15, 0.2) is 0 Å². The largest absolute Gasteiger partial charge is 0.179 e. The minimum Gasteiger partial charge on any atom is -0.179 e. The molecule has 0 saturated heterocycles. The second-order valence-corrected chi connectivity index (χ2v) is 11.9. The molecule has 0 aliphatic heterocycles. The Morgan fingerprint density at radius 2 is 1.59 bits per heavy atom. The molecule has 0 radical (unpaired) electrons. The zero-order valence-electron chi connectivity index (χ0n) is 13.7. The lowest BCUT2D eigenvalue weighted by Crippen LogP contribution is -2.25. The van der Waals surface area contributed by atoms with Crippen LogP contribution in [0.15, 0.2) is 0 Å². The van der Waals surface area contributed by atoms with E-state index in [1.54, 1.807) is 0 Å². The van der Waals surface area contributed by atoms with E-state index in [0.717, 1.165) is 27.9 Å². The molecule has 0 N–H and O–H groups in total. The summed E-state index contributed by atoms with van der Waals surface area (Å²) < 4.78 is 0. The fourth-order valence-electron chi connectivity index (χ4n) is 2.79. The van der Waals surface area contributed by atoms with Gasteiger partial charge in [-0.15, -0.1) is 0 Å². The second kappa shape index (κ2) is 15.4. The van der Waals surface area contributed by atoms with E-state index in [1.807, 2.05) is 0 Å². The lowest BCUT2D eigenvalue weighted by atomic mass is 9.87. The van der Waals surface area contributed by atoms with Crippen LogP contribution in [0.25, 0.3) is 0 Å². The summed E-state index contributed by atoms with van der Waals surface area (Å²) in [5.41, 5.74) is 0. The van der Waals surface area contributed by atoms with Gasteiger partial charge in [0, 0.05) is 45.0 Å². The first-order valence-electron chi connectivity index (χ1n) is 8.38. The smallest absolute Gasteiger partial charge is 0.00503 e. The predicted molar refractivity (Wildman–Crippen MR) is 122 cm³/mol. The molecule has 0 aromatic rings. The summed E-state index contributed by atoms with van der Waals surface area (Å²) in [6.07, 6.45) is 5.82. The van der Waals surface area contributed by atoms with Crippen LogP contribution in [0.3, 0.4) is 0 Å². The molecule has 6 heteroatoms. The lowest BCUT2D eigenvalue weighted by molar-refractivity contribution is 0.365.